The third-order valence-corrected chi connectivity index (χ3v) is 4.45. The lowest BCUT2D eigenvalue weighted by Crippen LogP contribution is -2.38. The molecule has 0 saturated carbocycles. The molecule has 1 aromatic heterocycles. The minimum atomic E-state index is -0.646. The van der Waals surface area contributed by atoms with Gasteiger partial charge in [0.25, 0.3) is 11.7 Å². The molecule has 1 aliphatic rings. The van der Waals surface area contributed by atoms with Crippen molar-refractivity contribution >= 4 is 11.7 Å². The highest BCUT2D eigenvalue weighted by Crippen LogP contribution is 2.20. The quantitative estimate of drug-likeness (QED) is 0.494. The number of aliphatic hydroxyl groups is 1. The van der Waals surface area contributed by atoms with Gasteiger partial charge in [0.15, 0.2) is 0 Å². The molecular formula is C19H21N3O3. The van der Waals surface area contributed by atoms with Crippen LogP contribution in [0, 0.1) is 19.8 Å². The van der Waals surface area contributed by atoms with Crippen molar-refractivity contribution in [1.29, 1.82) is 0 Å². The maximum Gasteiger partial charge on any atom is 0.292 e. The number of Topliss-reactive ketones (excluding diaryl/α,β-unsaturated/α-hetero) is 1. The van der Waals surface area contributed by atoms with Crippen LogP contribution in [0.3, 0.4) is 0 Å². The van der Waals surface area contributed by atoms with Crippen molar-refractivity contribution in [3.63, 3.8) is 0 Å². The largest absolute Gasteiger partial charge is 0.396 e. The average Bonchev–Trinajstić information content (AvgIpc) is 3.19. The SMILES string of the molecule is Cc1nn(-c2ccccc2)c(C)c1C(=O)C(=O)N[C@@H]1C=C[C@H](CO)C1. The number of rotatable bonds is 5. The molecule has 1 aromatic carbocycles. The summed E-state index contributed by atoms with van der Waals surface area (Å²) in [6.07, 6.45) is 4.29. The first-order valence-electron chi connectivity index (χ1n) is 8.27. The van der Waals surface area contributed by atoms with Gasteiger partial charge in [-0.2, -0.15) is 5.10 Å². The standard InChI is InChI=1S/C19H21N3O3/c1-12-17(13(2)22(21-12)16-6-4-3-5-7-16)18(24)19(25)20-15-9-8-14(10-15)11-23/h3-9,14-15,23H,10-11H2,1-2H3,(H,20,25)/t14-,15+/m0/s1. The Morgan fingerprint density at radius 1 is 1.24 bits per heavy atom. The van der Waals surface area contributed by atoms with Gasteiger partial charge in [0.2, 0.25) is 0 Å². The Morgan fingerprint density at radius 3 is 2.60 bits per heavy atom. The number of nitrogens with one attached hydrogen (secondary N) is 1. The Morgan fingerprint density at radius 2 is 1.96 bits per heavy atom. The third-order valence-electron chi connectivity index (χ3n) is 4.45. The van der Waals surface area contributed by atoms with Crippen LogP contribution in [-0.2, 0) is 4.79 Å². The number of amides is 1. The van der Waals surface area contributed by atoms with Gasteiger partial charge in [-0.1, -0.05) is 30.4 Å². The van der Waals surface area contributed by atoms with E-state index in [0.717, 1.165) is 5.69 Å². The summed E-state index contributed by atoms with van der Waals surface area (Å²) < 4.78 is 1.67. The van der Waals surface area contributed by atoms with Gasteiger partial charge < -0.3 is 10.4 Å². The first kappa shape index (κ1) is 17.1. The molecule has 2 N–H and O–H groups in total. The zero-order valence-electron chi connectivity index (χ0n) is 14.3. The molecule has 0 fully saturated rings. The molecule has 1 amide bonds. The summed E-state index contributed by atoms with van der Waals surface area (Å²) in [4.78, 5) is 25.0. The van der Waals surface area contributed by atoms with E-state index >= 15 is 0 Å². The molecule has 6 nitrogen and oxygen atoms in total. The summed E-state index contributed by atoms with van der Waals surface area (Å²) in [5, 5.41) is 16.3. The van der Waals surface area contributed by atoms with Crippen molar-refractivity contribution < 1.29 is 14.7 Å². The second-order valence-corrected chi connectivity index (χ2v) is 6.27. The zero-order chi connectivity index (χ0) is 18.0. The summed E-state index contributed by atoms with van der Waals surface area (Å²) in [6, 6.07) is 9.26. The van der Waals surface area contributed by atoms with Gasteiger partial charge in [-0.05, 0) is 32.4 Å². The number of para-hydroxylation sites is 1. The van der Waals surface area contributed by atoms with E-state index in [-0.39, 0.29) is 18.6 Å². The number of nitrogens with zero attached hydrogens (tertiary/aromatic N) is 2. The number of carbonyl (C=O) groups excluding carboxylic acids is 2. The number of aryl methyl sites for hydroxylation is 1. The topological polar surface area (TPSA) is 84.2 Å². The van der Waals surface area contributed by atoms with E-state index in [2.05, 4.69) is 10.4 Å². The van der Waals surface area contributed by atoms with E-state index in [0.29, 0.717) is 23.4 Å². The Hall–Kier alpha value is -2.73. The number of ketones is 1. The van der Waals surface area contributed by atoms with Crippen LogP contribution in [0.5, 0.6) is 0 Å². The number of aromatic nitrogens is 2. The van der Waals surface area contributed by atoms with Crippen molar-refractivity contribution in [3.8, 4) is 5.69 Å². The van der Waals surface area contributed by atoms with Crippen LogP contribution in [0.4, 0.5) is 0 Å². The molecule has 0 unspecified atom stereocenters. The molecule has 1 heterocycles. The maximum atomic E-state index is 12.6. The normalized spacial score (nSPS) is 19.2. The second kappa shape index (κ2) is 7.03. The molecule has 3 rings (SSSR count). The lowest BCUT2D eigenvalue weighted by atomic mass is 10.1. The Kier molecular flexibility index (Phi) is 4.81. The van der Waals surface area contributed by atoms with Gasteiger partial charge in [0.05, 0.1) is 22.6 Å². The number of benzene rings is 1. The summed E-state index contributed by atoms with van der Waals surface area (Å²) in [5.41, 5.74) is 2.34. The van der Waals surface area contributed by atoms with Crippen LogP contribution in [0.15, 0.2) is 42.5 Å². The second-order valence-electron chi connectivity index (χ2n) is 6.27. The Labute approximate surface area is 146 Å². The Balaban J connectivity index is 1.80. The summed E-state index contributed by atoms with van der Waals surface area (Å²) >= 11 is 0. The fourth-order valence-electron chi connectivity index (χ4n) is 3.16. The molecule has 0 bridgehead atoms. The van der Waals surface area contributed by atoms with E-state index in [1.807, 2.05) is 42.5 Å². The van der Waals surface area contributed by atoms with Crippen molar-refractivity contribution in [1.82, 2.24) is 15.1 Å². The average molecular weight is 339 g/mol. The molecule has 130 valence electrons. The van der Waals surface area contributed by atoms with Gasteiger partial charge >= 0.3 is 0 Å². The van der Waals surface area contributed by atoms with Gasteiger partial charge in [-0.25, -0.2) is 4.68 Å². The van der Waals surface area contributed by atoms with Gasteiger partial charge in [0.1, 0.15) is 0 Å². The van der Waals surface area contributed by atoms with E-state index in [4.69, 9.17) is 5.11 Å². The molecule has 0 spiro atoms. The first-order chi connectivity index (χ1) is 12.0. The lowest BCUT2D eigenvalue weighted by Gasteiger charge is -2.12. The van der Waals surface area contributed by atoms with Gasteiger partial charge in [-0.3, -0.25) is 9.59 Å². The predicted molar refractivity (Wildman–Crippen MR) is 93.6 cm³/mol. The van der Waals surface area contributed by atoms with E-state index in [9.17, 15) is 9.59 Å². The first-order valence-corrected chi connectivity index (χ1v) is 8.27. The third kappa shape index (κ3) is 3.39. The maximum absolute atomic E-state index is 12.6. The van der Waals surface area contributed by atoms with Crippen LogP contribution in [-0.4, -0.2) is 39.2 Å². The van der Waals surface area contributed by atoms with Gasteiger partial charge in [0, 0.05) is 18.6 Å². The summed E-state index contributed by atoms with van der Waals surface area (Å²) in [6.45, 7) is 3.55. The van der Waals surface area contributed by atoms with Crippen LogP contribution in [0.25, 0.3) is 5.69 Å². The van der Waals surface area contributed by atoms with E-state index in [1.165, 1.54) is 0 Å². The van der Waals surface area contributed by atoms with E-state index in [1.54, 1.807) is 18.5 Å². The number of hydrogen-bond acceptors (Lipinski definition) is 4. The lowest BCUT2D eigenvalue weighted by molar-refractivity contribution is -0.117. The van der Waals surface area contributed by atoms with Crippen LogP contribution >= 0.6 is 0 Å². The minimum absolute atomic E-state index is 0.0321. The highest BCUT2D eigenvalue weighted by atomic mass is 16.3. The van der Waals surface area contributed by atoms with Crippen LogP contribution in [0.1, 0.15) is 28.2 Å². The van der Waals surface area contributed by atoms with Crippen molar-refractivity contribution in [2.75, 3.05) is 6.61 Å². The van der Waals surface area contributed by atoms with Crippen molar-refractivity contribution in [2.45, 2.75) is 26.3 Å². The Bertz CT molecular complexity index is 824. The van der Waals surface area contributed by atoms with Crippen molar-refractivity contribution in [2.24, 2.45) is 5.92 Å². The molecule has 2 aromatic rings. The highest BCUT2D eigenvalue weighted by molar-refractivity contribution is 6.43. The summed E-state index contributed by atoms with van der Waals surface area (Å²) in [7, 11) is 0. The predicted octanol–water partition coefficient (Wildman–Crippen LogP) is 1.73. The van der Waals surface area contributed by atoms with Crippen LogP contribution in [0.2, 0.25) is 0 Å². The molecule has 2 atom stereocenters. The molecule has 0 aliphatic heterocycles. The van der Waals surface area contributed by atoms with Gasteiger partial charge in [-0.15, -0.1) is 0 Å². The monoisotopic (exact) mass is 339 g/mol. The molecule has 25 heavy (non-hydrogen) atoms. The van der Waals surface area contributed by atoms with Crippen molar-refractivity contribution in [3.05, 3.63) is 59.4 Å². The molecule has 1 aliphatic carbocycles. The zero-order valence-corrected chi connectivity index (χ0v) is 14.3. The number of aliphatic hydroxyl groups excluding tert-OH is 1. The molecule has 6 heteroatoms. The number of carbonyl (C=O) groups is 2. The fourth-order valence-corrected chi connectivity index (χ4v) is 3.16. The molecular weight excluding hydrogens is 318 g/mol. The molecule has 0 saturated heterocycles. The van der Waals surface area contributed by atoms with E-state index < -0.39 is 11.7 Å². The fraction of sp³-hybridized carbons (Fsp3) is 0.316. The molecule has 0 radical (unpaired) electrons. The van der Waals surface area contributed by atoms with Crippen LogP contribution < -0.4 is 5.32 Å². The highest BCUT2D eigenvalue weighted by Gasteiger charge is 2.28. The smallest absolute Gasteiger partial charge is 0.292 e. The number of hydrogen-bond donors (Lipinski definition) is 2. The summed E-state index contributed by atoms with van der Waals surface area (Å²) in [5.74, 6) is -1.20. The minimum Gasteiger partial charge on any atom is -0.396 e.